The number of hydrogen-bond acceptors (Lipinski definition) is 4. The summed E-state index contributed by atoms with van der Waals surface area (Å²) in [7, 11) is 0. The van der Waals surface area contributed by atoms with Gasteiger partial charge in [-0.1, -0.05) is 29.8 Å². The van der Waals surface area contributed by atoms with Crippen molar-refractivity contribution in [3.63, 3.8) is 0 Å². The van der Waals surface area contributed by atoms with E-state index in [2.05, 4.69) is 11.8 Å². The second-order valence-electron chi connectivity index (χ2n) is 7.16. The summed E-state index contributed by atoms with van der Waals surface area (Å²) in [4.78, 5) is 2.31. The molecule has 0 aromatic heterocycles. The first-order valence-electron chi connectivity index (χ1n) is 8.82. The zero-order valence-corrected chi connectivity index (χ0v) is 14.2. The number of likely N-dealkylation sites (tertiary alicyclic amines) is 1. The van der Waals surface area contributed by atoms with E-state index in [4.69, 9.17) is 4.74 Å². The fraction of sp³-hybridized carbons (Fsp3) is 0.684. The predicted molar refractivity (Wildman–Crippen MR) is 90.3 cm³/mol. The average Bonchev–Trinajstić information content (AvgIpc) is 2.56. The lowest BCUT2D eigenvalue weighted by atomic mass is 9.58. The van der Waals surface area contributed by atoms with Crippen LogP contribution in [0.5, 0.6) is 0 Å². The van der Waals surface area contributed by atoms with Gasteiger partial charge in [-0.3, -0.25) is 0 Å². The number of β-amino-alcohol motifs (C(OH)–C–C–N with tert-alkyl or cyclic N) is 1. The summed E-state index contributed by atoms with van der Waals surface area (Å²) in [6, 6.07) is 8.10. The standard InChI is InChI=1S/C19H29NO3/c1-3-23-18-12-17(22)19(18)8-10-20(11-9-19)13-16(21)15-6-4-14(2)5-7-15/h4-7,16-18,21-22H,3,8-13H2,1-2H3. The highest BCUT2D eigenvalue weighted by Gasteiger charge is 2.55. The van der Waals surface area contributed by atoms with Gasteiger partial charge in [-0.15, -0.1) is 0 Å². The first kappa shape index (κ1) is 16.9. The van der Waals surface area contributed by atoms with Gasteiger partial charge in [-0.25, -0.2) is 0 Å². The van der Waals surface area contributed by atoms with Crippen molar-refractivity contribution < 1.29 is 14.9 Å². The molecule has 1 saturated carbocycles. The van der Waals surface area contributed by atoms with Crippen LogP contribution in [0.2, 0.25) is 0 Å². The minimum absolute atomic E-state index is 0.0404. The van der Waals surface area contributed by atoms with Crippen LogP contribution in [-0.4, -0.2) is 53.6 Å². The maximum Gasteiger partial charge on any atom is 0.0916 e. The molecule has 2 fully saturated rings. The van der Waals surface area contributed by atoms with Gasteiger partial charge in [0.05, 0.1) is 18.3 Å². The van der Waals surface area contributed by atoms with Crippen LogP contribution in [0, 0.1) is 12.3 Å². The predicted octanol–water partition coefficient (Wildman–Crippen LogP) is 2.28. The third-order valence-corrected chi connectivity index (χ3v) is 5.79. The highest BCUT2D eigenvalue weighted by molar-refractivity contribution is 5.23. The summed E-state index contributed by atoms with van der Waals surface area (Å²) >= 11 is 0. The van der Waals surface area contributed by atoms with Crippen molar-refractivity contribution in [3.05, 3.63) is 35.4 Å². The molecule has 23 heavy (non-hydrogen) atoms. The Kier molecular flexibility index (Phi) is 5.07. The van der Waals surface area contributed by atoms with Gasteiger partial charge >= 0.3 is 0 Å². The molecule has 1 heterocycles. The van der Waals surface area contributed by atoms with Gasteiger partial charge in [0, 0.05) is 25.0 Å². The molecule has 3 atom stereocenters. The molecule has 4 nitrogen and oxygen atoms in total. The Morgan fingerprint density at radius 3 is 2.48 bits per heavy atom. The number of benzene rings is 1. The van der Waals surface area contributed by atoms with Crippen molar-refractivity contribution in [1.29, 1.82) is 0 Å². The first-order valence-corrected chi connectivity index (χ1v) is 8.82. The summed E-state index contributed by atoms with van der Waals surface area (Å²) in [6.45, 7) is 7.29. The zero-order valence-electron chi connectivity index (χ0n) is 14.2. The summed E-state index contributed by atoms with van der Waals surface area (Å²) in [5.41, 5.74) is 2.15. The van der Waals surface area contributed by atoms with Crippen molar-refractivity contribution in [3.8, 4) is 0 Å². The van der Waals surface area contributed by atoms with Crippen LogP contribution in [0.1, 0.15) is 43.4 Å². The smallest absolute Gasteiger partial charge is 0.0916 e. The molecule has 1 aliphatic carbocycles. The monoisotopic (exact) mass is 319 g/mol. The van der Waals surface area contributed by atoms with Crippen molar-refractivity contribution in [2.75, 3.05) is 26.2 Å². The van der Waals surface area contributed by atoms with Crippen LogP contribution in [0.4, 0.5) is 0 Å². The van der Waals surface area contributed by atoms with E-state index in [9.17, 15) is 10.2 Å². The van der Waals surface area contributed by atoms with E-state index < -0.39 is 6.10 Å². The van der Waals surface area contributed by atoms with E-state index in [0.717, 1.165) is 44.5 Å². The summed E-state index contributed by atoms with van der Waals surface area (Å²) in [5, 5.41) is 20.7. The molecule has 1 aromatic carbocycles. The Morgan fingerprint density at radius 2 is 1.91 bits per heavy atom. The number of rotatable bonds is 5. The molecule has 2 N–H and O–H groups in total. The summed E-state index contributed by atoms with van der Waals surface area (Å²) < 4.78 is 5.81. The lowest BCUT2D eigenvalue weighted by Gasteiger charge is -2.56. The molecular formula is C19H29NO3. The Hall–Kier alpha value is -0.940. The van der Waals surface area contributed by atoms with E-state index in [-0.39, 0.29) is 17.6 Å². The lowest BCUT2D eigenvalue weighted by molar-refractivity contribution is -0.210. The number of aryl methyl sites for hydroxylation is 1. The van der Waals surface area contributed by atoms with Crippen LogP contribution >= 0.6 is 0 Å². The molecule has 1 spiro atoms. The SMILES string of the molecule is CCOC1CC(O)C12CCN(CC(O)c1ccc(C)cc1)CC2. The highest BCUT2D eigenvalue weighted by Crippen LogP contribution is 2.51. The molecule has 0 radical (unpaired) electrons. The van der Waals surface area contributed by atoms with Gasteiger partial charge < -0.3 is 19.8 Å². The van der Waals surface area contributed by atoms with Crippen molar-refractivity contribution in [2.24, 2.45) is 5.41 Å². The van der Waals surface area contributed by atoms with E-state index in [0.29, 0.717) is 6.54 Å². The number of nitrogens with zero attached hydrogens (tertiary/aromatic N) is 1. The number of aliphatic hydroxyl groups is 2. The first-order chi connectivity index (χ1) is 11.0. The maximum absolute atomic E-state index is 10.4. The minimum atomic E-state index is -0.446. The van der Waals surface area contributed by atoms with Crippen LogP contribution in [-0.2, 0) is 4.74 Å². The molecule has 3 rings (SSSR count). The van der Waals surface area contributed by atoms with Crippen molar-refractivity contribution in [1.82, 2.24) is 4.90 Å². The van der Waals surface area contributed by atoms with Crippen LogP contribution in [0.3, 0.4) is 0 Å². The third kappa shape index (κ3) is 3.31. The van der Waals surface area contributed by atoms with Gasteiger partial charge in [0.1, 0.15) is 0 Å². The number of ether oxygens (including phenoxy) is 1. The Morgan fingerprint density at radius 1 is 1.26 bits per heavy atom. The molecule has 4 heteroatoms. The molecule has 2 aliphatic rings. The number of aliphatic hydroxyl groups excluding tert-OH is 2. The largest absolute Gasteiger partial charge is 0.392 e. The fourth-order valence-corrected chi connectivity index (χ4v) is 4.11. The van der Waals surface area contributed by atoms with Crippen LogP contribution < -0.4 is 0 Å². The quantitative estimate of drug-likeness (QED) is 0.874. The average molecular weight is 319 g/mol. The Balaban J connectivity index is 1.54. The molecule has 3 unspecified atom stereocenters. The third-order valence-electron chi connectivity index (χ3n) is 5.79. The van der Waals surface area contributed by atoms with Crippen LogP contribution in [0.25, 0.3) is 0 Å². The van der Waals surface area contributed by atoms with E-state index in [1.165, 1.54) is 5.56 Å². The van der Waals surface area contributed by atoms with Crippen LogP contribution in [0.15, 0.2) is 24.3 Å². The van der Waals surface area contributed by atoms with Gasteiger partial charge in [0.25, 0.3) is 0 Å². The highest BCUT2D eigenvalue weighted by atomic mass is 16.5. The maximum atomic E-state index is 10.4. The second-order valence-corrected chi connectivity index (χ2v) is 7.16. The molecule has 0 bridgehead atoms. The van der Waals surface area contributed by atoms with Crippen molar-refractivity contribution >= 4 is 0 Å². The molecule has 1 aliphatic heterocycles. The van der Waals surface area contributed by atoms with Gasteiger partial charge in [0.15, 0.2) is 0 Å². The molecule has 1 saturated heterocycles. The molecular weight excluding hydrogens is 290 g/mol. The summed E-state index contributed by atoms with van der Waals surface area (Å²) in [5.74, 6) is 0. The van der Waals surface area contributed by atoms with Gasteiger partial charge in [0.2, 0.25) is 0 Å². The topological polar surface area (TPSA) is 52.9 Å². The normalized spacial score (nSPS) is 28.5. The molecule has 0 amide bonds. The van der Waals surface area contributed by atoms with Crippen molar-refractivity contribution in [2.45, 2.75) is 51.4 Å². The van der Waals surface area contributed by atoms with E-state index in [1.54, 1.807) is 0 Å². The number of hydrogen-bond donors (Lipinski definition) is 2. The number of piperidine rings is 1. The lowest BCUT2D eigenvalue weighted by Crippen LogP contribution is -2.62. The second kappa shape index (κ2) is 6.89. The minimum Gasteiger partial charge on any atom is -0.392 e. The molecule has 1 aromatic rings. The zero-order chi connectivity index (χ0) is 16.4. The van der Waals surface area contributed by atoms with E-state index >= 15 is 0 Å². The van der Waals surface area contributed by atoms with Gasteiger partial charge in [-0.05, 0) is 45.3 Å². The van der Waals surface area contributed by atoms with E-state index in [1.807, 2.05) is 31.2 Å². The van der Waals surface area contributed by atoms with Gasteiger partial charge in [-0.2, -0.15) is 0 Å². The Labute approximate surface area is 139 Å². The fourth-order valence-electron chi connectivity index (χ4n) is 4.11. The Bertz CT molecular complexity index is 506. The summed E-state index contributed by atoms with van der Waals surface area (Å²) in [6.07, 6.45) is 2.24. The molecule has 128 valence electrons.